The highest BCUT2D eigenvalue weighted by Gasteiger charge is 2.05. The molecule has 0 atom stereocenters. The fourth-order valence-electron chi connectivity index (χ4n) is 2.99. The van der Waals surface area contributed by atoms with E-state index in [-0.39, 0.29) is 0 Å². The Balaban J connectivity index is 1.46. The predicted molar refractivity (Wildman–Crippen MR) is 102 cm³/mol. The molecule has 1 heteroatoms. The highest BCUT2D eigenvalue weighted by atomic mass is 14.7. The van der Waals surface area contributed by atoms with E-state index < -0.39 is 0 Å². The average molecular weight is 314 g/mol. The predicted octanol–water partition coefficient (Wildman–Crippen LogP) is 5.91. The molecule has 0 aliphatic carbocycles. The number of benzene rings is 2. The standard InChI is InChI=1S/C23H24N/c1(5-12-20-13-6-3-7-14-20)2-8-15-22-18-11-19-24-23(22)21-16-9-4-10-17-21/h2-4,6-7,9-11,13-14,16-19H,1,5,8,12,15H2. The highest BCUT2D eigenvalue weighted by Crippen LogP contribution is 2.22. The molecular formula is C23H24N. The fourth-order valence-corrected chi connectivity index (χ4v) is 2.99. The van der Waals surface area contributed by atoms with Crippen LogP contribution in [0.25, 0.3) is 11.3 Å². The summed E-state index contributed by atoms with van der Waals surface area (Å²) in [5, 5.41) is 0. The first-order valence-electron chi connectivity index (χ1n) is 8.78. The van der Waals surface area contributed by atoms with Crippen molar-refractivity contribution in [1.82, 2.24) is 4.98 Å². The zero-order chi connectivity index (χ0) is 16.5. The van der Waals surface area contributed by atoms with Crippen LogP contribution < -0.4 is 0 Å². The fraction of sp³-hybridized carbons (Fsp3) is 0.217. The summed E-state index contributed by atoms with van der Waals surface area (Å²) in [5.41, 5.74) is 5.10. The van der Waals surface area contributed by atoms with Crippen LogP contribution in [0.15, 0.2) is 79.0 Å². The number of hydrogen-bond donors (Lipinski definition) is 0. The Bertz CT molecular complexity index is 719. The van der Waals surface area contributed by atoms with Gasteiger partial charge in [-0.2, -0.15) is 0 Å². The van der Waals surface area contributed by atoms with E-state index in [1.165, 1.54) is 36.0 Å². The van der Waals surface area contributed by atoms with E-state index in [1.807, 2.05) is 18.3 Å². The van der Waals surface area contributed by atoms with Gasteiger partial charge in [-0.15, -0.1) is 0 Å². The minimum atomic E-state index is 1.06. The van der Waals surface area contributed by atoms with Crippen LogP contribution in [0.3, 0.4) is 0 Å². The van der Waals surface area contributed by atoms with Crippen LogP contribution in [-0.4, -0.2) is 4.98 Å². The molecule has 0 bridgehead atoms. The molecule has 0 saturated carbocycles. The Labute approximate surface area is 145 Å². The molecule has 3 aromatic rings. The van der Waals surface area contributed by atoms with Gasteiger partial charge in [0.1, 0.15) is 0 Å². The molecule has 0 unspecified atom stereocenters. The number of aromatic nitrogens is 1. The average Bonchev–Trinajstić information content (AvgIpc) is 2.66. The quantitative estimate of drug-likeness (QED) is 0.471. The third-order valence-corrected chi connectivity index (χ3v) is 4.27. The number of pyridine rings is 1. The van der Waals surface area contributed by atoms with Gasteiger partial charge in [-0.3, -0.25) is 4.98 Å². The van der Waals surface area contributed by atoms with E-state index in [0.29, 0.717) is 0 Å². The topological polar surface area (TPSA) is 12.9 Å². The van der Waals surface area contributed by atoms with Gasteiger partial charge in [-0.25, -0.2) is 0 Å². The molecule has 1 radical (unpaired) electrons. The first-order chi connectivity index (χ1) is 11.9. The van der Waals surface area contributed by atoms with Crippen molar-refractivity contribution in [2.24, 2.45) is 0 Å². The van der Waals surface area contributed by atoms with E-state index in [2.05, 4.69) is 72.1 Å². The third-order valence-electron chi connectivity index (χ3n) is 4.27. The summed E-state index contributed by atoms with van der Waals surface area (Å²) in [4.78, 5) is 4.59. The van der Waals surface area contributed by atoms with Gasteiger partial charge >= 0.3 is 0 Å². The van der Waals surface area contributed by atoms with Crippen LogP contribution in [-0.2, 0) is 12.8 Å². The molecule has 2 aromatic carbocycles. The van der Waals surface area contributed by atoms with Gasteiger partial charge in [0, 0.05) is 11.8 Å². The van der Waals surface area contributed by atoms with Gasteiger partial charge in [0.25, 0.3) is 0 Å². The number of hydrogen-bond acceptors (Lipinski definition) is 1. The zero-order valence-corrected chi connectivity index (χ0v) is 14.1. The van der Waals surface area contributed by atoms with Gasteiger partial charge in [-0.05, 0) is 55.7 Å². The molecule has 1 aromatic heterocycles. The maximum atomic E-state index is 4.59. The summed E-state index contributed by atoms with van der Waals surface area (Å²) >= 11 is 0. The smallest absolute Gasteiger partial charge is 0.0733 e. The Kier molecular flexibility index (Phi) is 6.18. The molecule has 0 amide bonds. The van der Waals surface area contributed by atoms with Crippen LogP contribution in [0.1, 0.15) is 30.4 Å². The SMILES string of the molecule is [CH](CCCc1ccccc1)CCc1cccnc1-c1ccccc1. The number of nitrogens with zero attached hydrogens (tertiary/aromatic N) is 1. The van der Waals surface area contributed by atoms with Crippen LogP contribution in [0.5, 0.6) is 0 Å². The second kappa shape index (κ2) is 9.02. The van der Waals surface area contributed by atoms with E-state index >= 15 is 0 Å². The second-order valence-electron chi connectivity index (χ2n) is 6.08. The molecule has 1 heterocycles. The van der Waals surface area contributed by atoms with Crippen molar-refractivity contribution in [3.8, 4) is 11.3 Å². The van der Waals surface area contributed by atoms with Crippen LogP contribution in [0.4, 0.5) is 0 Å². The van der Waals surface area contributed by atoms with E-state index in [1.54, 1.807) is 0 Å². The molecule has 1 nitrogen and oxygen atoms in total. The monoisotopic (exact) mass is 314 g/mol. The van der Waals surface area contributed by atoms with E-state index in [4.69, 9.17) is 0 Å². The summed E-state index contributed by atoms with van der Waals surface area (Å²) in [5.74, 6) is 0. The Morgan fingerprint density at radius 2 is 1.46 bits per heavy atom. The molecule has 0 N–H and O–H groups in total. The Morgan fingerprint density at radius 3 is 2.25 bits per heavy atom. The van der Waals surface area contributed by atoms with E-state index in [0.717, 1.165) is 18.5 Å². The summed E-state index contributed by atoms with van der Waals surface area (Å²) in [6.45, 7) is 0. The Morgan fingerprint density at radius 1 is 0.708 bits per heavy atom. The van der Waals surface area contributed by atoms with Crippen molar-refractivity contribution in [1.29, 1.82) is 0 Å². The molecule has 0 spiro atoms. The van der Waals surface area contributed by atoms with Gasteiger partial charge in [0.15, 0.2) is 0 Å². The summed E-state index contributed by atoms with van der Waals surface area (Å²) < 4.78 is 0. The summed E-state index contributed by atoms with van der Waals surface area (Å²) in [7, 11) is 0. The molecule has 0 saturated heterocycles. The molecular weight excluding hydrogens is 290 g/mol. The highest BCUT2D eigenvalue weighted by molar-refractivity contribution is 5.62. The van der Waals surface area contributed by atoms with Gasteiger partial charge in [-0.1, -0.05) is 66.7 Å². The van der Waals surface area contributed by atoms with E-state index in [9.17, 15) is 0 Å². The van der Waals surface area contributed by atoms with Crippen LogP contribution in [0.2, 0.25) is 0 Å². The van der Waals surface area contributed by atoms with Gasteiger partial charge in [0.05, 0.1) is 5.69 Å². The molecule has 24 heavy (non-hydrogen) atoms. The van der Waals surface area contributed by atoms with Crippen molar-refractivity contribution in [3.05, 3.63) is 96.5 Å². The van der Waals surface area contributed by atoms with Crippen LogP contribution >= 0.6 is 0 Å². The first kappa shape index (κ1) is 16.4. The number of rotatable bonds is 8. The largest absolute Gasteiger partial charge is 0.256 e. The number of aryl methyl sites for hydroxylation is 2. The lowest BCUT2D eigenvalue weighted by atomic mass is 10.00. The van der Waals surface area contributed by atoms with Gasteiger partial charge < -0.3 is 0 Å². The maximum absolute atomic E-state index is 4.59. The Hall–Kier alpha value is -2.41. The molecule has 121 valence electrons. The molecule has 3 rings (SSSR count). The van der Waals surface area contributed by atoms with Crippen molar-refractivity contribution in [2.75, 3.05) is 0 Å². The van der Waals surface area contributed by atoms with Gasteiger partial charge in [0.2, 0.25) is 0 Å². The second-order valence-corrected chi connectivity index (χ2v) is 6.08. The molecule has 0 fully saturated rings. The zero-order valence-electron chi connectivity index (χ0n) is 14.1. The normalized spacial score (nSPS) is 10.7. The lowest BCUT2D eigenvalue weighted by Crippen LogP contribution is -1.94. The van der Waals surface area contributed by atoms with Crippen molar-refractivity contribution < 1.29 is 0 Å². The molecule has 0 aliphatic rings. The van der Waals surface area contributed by atoms with Crippen LogP contribution in [0, 0.1) is 6.42 Å². The van der Waals surface area contributed by atoms with Crippen molar-refractivity contribution in [2.45, 2.75) is 32.1 Å². The lowest BCUT2D eigenvalue weighted by Gasteiger charge is -2.08. The minimum absolute atomic E-state index is 1.06. The summed E-state index contributed by atoms with van der Waals surface area (Å²) in [6.07, 6.45) is 10.0. The third kappa shape index (κ3) is 4.79. The number of unbranched alkanes of at least 4 members (excludes halogenated alkanes) is 3. The molecule has 0 aliphatic heterocycles. The first-order valence-corrected chi connectivity index (χ1v) is 8.78. The minimum Gasteiger partial charge on any atom is -0.256 e. The lowest BCUT2D eigenvalue weighted by molar-refractivity contribution is 0.760. The van der Waals surface area contributed by atoms with Crippen molar-refractivity contribution in [3.63, 3.8) is 0 Å². The van der Waals surface area contributed by atoms with Crippen molar-refractivity contribution >= 4 is 0 Å². The summed E-state index contributed by atoms with van der Waals surface area (Å²) in [6, 6.07) is 25.4. The maximum Gasteiger partial charge on any atom is 0.0733 e.